The van der Waals surface area contributed by atoms with Crippen molar-refractivity contribution >= 4 is 17.5 Å². The molecule has 0 radical (unpaired) electrons. The summed E-state index contributed by atoms with van der Waals surface area (Å²) in [5, 5.41) is 2.93. The van der Waals surface area contributed by atoms with Crippen molar-refractivity contribution in [1.29, 1.82) is 0 Å². The van der Waals surface area contributed by atoms with E-state index >= 15 is 0 Å². The van der Waals surface area contributed by atoms with E-state index in [0.717, 1.165) is 6.42 Å². The van der Waals surface area contributed by atoms with E-state index in [2.05, 4.69) is 19.2 Å². The standard InChI is InChI=1S/C15H22ClNO3/c1-10(2)8-11(9-16)17-15(18)14-12(19-3)6-5-7-13(14)20-4/h5-7,10-11H,8-9H2,1-4H3,(H,17,18). The minimum Gasteiger partial charge on any atom is -0.496 e. The highest BCUT2D eigenvalue weighted by molar-refractivity contribution is 6.18. The Labute approximate surface area is 125 Å². The molecule has 0 saturated heterocycles. The van der Waals surface area contributed by atoms with E-state index < -0.39 is 0 Å². The first-order valence-corrected chi connectivity index (χ1v) is 7.14. The number of carbonyl (C=O) groups excluding carboxylic acids is 1. The van der Waals surface area contributed by atoms with E-state index in [-0.39, 0.29) is 11.9 Å². The molecular formula is C15H22ClNO3. The van der Waals surface area contributed by atoms with Gasteiger partial charge >= 0.3 is 0 Å². The van der Waals surface area contributed by atoms with E-state index in [1.807, 2.05) is 0 Å². The van der Waals surface area contributed by atoms with Gasteiger partial charge in [-0.3, -0.25) is 4.79 Å². The third kappa shape index (κ3) is 4.30. The smallest absolute Gasteiger partial charge is 0.259 e. The summed E-state index contributed by atoms with van der Waals surface area (Å²) in [6, 6.07) is 5.17. The number of methoxy groups -OCH3 is 2. The Hall–Kier alpha value is -1.42. The number of amides is 1. The van der Waals surface area contributed by atoms with Crippen LogP contribution in [-0.4, -0.2) is 32.0 Å². The summed E-state index contributed by atoms with van der Waals surface area (Å²) in [4.78, 5) is 12.4. The third-order valence-corrected chi connectivity index (χ3v) is 3.30. The number of hydrogen-bond donors (Lipinski definition) is 1. The van der Waals surface area contributed by atoms with Gasteiger partial charge in [-0.2, -0.15) is 0 Å². The maximum Gasteiger partial charge on any atom is 0.259 e. The van der Waals surface area contributed by atoms with Gasteiger partial charge in [-0.1, -0.05) is 19.9 Å². The maximum absolute atomic E-state index is 12.4. The van der Waals surface area contributed by atoms with Gasteiger partial charge in [-0.05, 0) is 24.5 Å². The molecule has 1 aromatic rings. The van der Waals surface area contributed by atoms with Crippen molar-refractivity contribution in [2.75, 3.05) is 20.1 Å². The predicted octanol–water partition coefficient (Wildman–Crippen LogP) is 3.09. The lowest BCUT2D eigenvalue weighted by Crippen LogP contribution is -2.37. The first-order chi connectivity index (χ1) is 9.53. The Morgan fingerprint density at radius 2 is 1.80 bits per heavy atom. The molecular weight excluding hydrogens is 278 g/mol. The van der Waals surface area contributed by atoms with Crippen LogP contribution in [0.3, 0.4) is 0 Å². The van der Waals surface area contributed by atoms with Crippen LogP contribution in [0.15, 0.2) is 18.2 Å². The molecule has 0 fully saturated rings. The lowest BCUT2D eigenvalue weighted by Gasteiger charge is -2.20. The molecule has 0 heterocycles. The molecule has 1 rings (SSSR count). The molecule has 0 saturated carbocycles. The lowest BCUT2D eigenvalue weighted by molar-refractivity contribution is 0.0930. The van der Waals surface area contributed by atoms with E-state index in [0.29, 0.717) is 28.9 Å². The van der Waals surface area contributed by atoms with Crippen LogP contribution in [0.4, 0.5) is 0 Å². The van der Waals surface area contributed by atoms with Gasteiger partial charge in [0.1, 0.15) is 17.1 Å². The number of nitrogens with one attached hydrogen (secondary N) is 1. The van der Waals surface area contributed by atoms with Gasteiger partial charge in [0.15, 0.2) is 0 Å². The van der Waals surface area contributed by atoms with Crippen LogP contribution in [0.5, 0.6) is 11.5 Å². The number of halogens is 1. The summed E-state index contributed by atoms with van der Waals surface area (Å²) in [6.07, 6.45) is 0.826. The molecule has 20 heavy (non-hydrogen) atoms. The fraction of sp³-hybridized carbons (Fsp3) is 0.533. The van der Waals surface area contributed by atoms with E-state index in [1.165, 1.54) is 14.2 Å². The molecule has 5 heteroatoms. The Kier molecular flexibility index (Phi) is 6.65. The predicted molar refractivity (Wildman–Crippen MR) is 81.0 cm³/mol. The highest BCUT2D eigenvalue weighted by Crippen LogP contribution is 2.28. The molecule has 1 N–H and O–H groups in total. The maximum atomic E-state index is 12.4. The van der Waals surface area contributed by atoms with Crippen molar-refractivity contribution in [3.05, 3.63) is 23.8 Å². The molecule has 4 nitrogen and oxygen atoms in total. The molecule has 1 atom stereocenters. The highest BCUT2D eigenvalue weighted by Gasteiger charge is 2.21. The molecule has 0 aliphatic heterocycles. The number of alkyl halides is 1. The molecule has 0 aromatic heterocycles. The van der Waals surface area contributed by atoms with E-state index in [4.69, 9.17) is 21.1 Å². The van der Waals surface area contributed by atoms with Crippen molar-refractivity contribution in [1.82, 2.24) is 5.32 Å². The lowest BCUT2D eigenvalue weighted by atomic mass is 10.0. The molecule has 0 aliphatic rings. The fourth-order valence-corrected chi connectivity index (χ4v) is 2.27. The Balaban J connectivity index is 2.96. The molecule has 0 aliphatic carbocycles. The summed E-state index contributed by atoms with van der Waals surface area (Å²) in [5.41, 5.74) is 0.399. The van der Waals surface area contributed by atoms with E-state index in [9.17, 15) is 4.79 Å². The number of hydrogen-bond acceptors (Lipinski definition) is 3. The first kappa shape index (κ1) is 16.6. The zero-order valence-corrected chi connectivity index (χ0v) is 13.2. The van der Waals surface area contributed by atoms with Crippen molar-refractivity contribution in [3.63, 3.8) is 0 Å². The number of carbonyl (C=O) groups is 1. The SMILES string of the molecule is COc1cccc(OC)c1C(=O)NC(CCl)CC(C)C. The summed E-state index contributed by atoms with van der Waals surface area (Å²) >= 11 is 5.91. The summed E-state index contributed by atoms with van der Waals surface area (Å²) in [6.45, 7) is 4.19. The monoisotopic (exact) mass is 299 g/mol. The number of benzene rings is 1. The second kappa shape index (κ2) is 8.00. The van der Waals surface area contributed by atoms with Crippen molar-refractivity contribution in [2.45, 2.75) is 26.3 Å². The second-order valence-electron chi connectivity index (χ2n) is 4.99. The summed E-state index contributed by atoms with van der Waals surface area (Å²) in [5.74, 6) is 1.57. The van der Waals surface area contributed by atoms with Crippen LogP contribution < -0.4 is 14.8 Å². The normalized spacial score (nSPS) is 12.1. The Morgan fingerprint density at radius 1 is 1.25 bits per heavy atom. The zero-order chi connectivity index (χ0) is 15.1. The fourth-order valence-electron chi connectivity index (χ4n) is 2.06. The third-order valence-electron chi connectivity index (χ3n) is 2.93. The summed E-state index contributed by atoms with van der Waals surface area (Å²) < 4.78 is 10.5. The van der Waals surface area contributed by atoms with Gasteiger partial charge in [0.2, 0.25) is 0 Å². The van der Waals surface area contributed by atoms with E-state index in [1.54, 1.807) is 18.2 Å². The van der Waals surface area contributed by atoms with Crippen LogP contribution >= 0.6 is 11.6 Å². The number of rotatable bonds is 7. The van der Waals surface area contributed by atoms with Crippen LogP contribution in [0.2, 0.25) is 0 Å². The minimum atomic E-state index is -0.231. The minimum absolute atomic E-state index is 0.0706. The second-order valence-corrected chi connectivity index (χ2v) is 5.30. The van der Waals surface area contributed by atoms with Gasteiger partial charge < -0.3 is 14.8 Å². The van der Waals surface area contributed by atoms with Crippen LogP contribution in [0.1, 0.15) is 30.6 Å². The van der Waals surface area contributed by atoms with Gasteiger partial charge in [-0.25, -0.2) is 0 Å². The Bertz CT molecular complexity index is 426. The molecule has 1 amide bonds. The van der Waals surface area contributed by atoms with Gasteiger partial charge in [0, 0.05) is 11.9 Å². The highest BCUT2D eigenvalue weighted by atomic mass is 35.5. The zero-order valence-electron chi connectivity index (χ0n) is 12.4. The van der Waals surface area contributed by atoms with Crippen molar-refractivity contribution in [2.24, 2.45) is 5.92 Å². The molecule has 1 unspecified atom stereocenters. The molecule has 0 spiro atoms. The van der Waals surface area contributed by atoms with Gasteiger partial charge in [0.05, 0.1) is 14.2 Å². The molecule has 0 bridgehead atoms. The average Bonchev–Trinajstić information content (AvgIpc) is 2.44. The summed E-state index contributed by atoms with van der Waals surface area (Å²) in [7, 11) is 3.05. The van der Waals surface area contributed by atoms with Crippen molar-refractivity contribution in [3.8, 4) is 11.5 Å². The quantitative estimate of drug-likeness (QED) is 0.787. The van der Waals surface area contributed by atoms with Crippen molar-refractivity contribution < 1.29 is 14.3 Å². The van der Waals surface area contributed by atoms with Crippen LogP contribution in [-0.2, 0) is 0 Å². The molecule has 112 valence electrons. The van der Waals surface area contributed by atoms with Gasteiger partial charge in [0.25, 0.3) is 5.91 Å². The first-order valence-electron chi connectivity index (χ1n) is 6.61. The molecule has 1 aromatic carbocycles. The van der Waals surface area contributed by atoms with Crippen LogP contribution in [0, 0.1) is 5.92 Å². The topological polar surface area (TPSA) is 47.6 Å². The largest absolute Gasteiger partial charge is 0.496 e. The number of ether oxygens (including phenoxy) is 2. The van der Waals surface area contributed by atoms with Crippen LogP contribution in [0.25, 0.3) is 0 Å². The Morgan fingerprint density at radius 3 is 2.20 bits per heavy atom. The van der Waals surface area contributed by atoms with Gasteiger partial charge in [-0.15, -0.1) is 11.6 Å². The average molecular weight is 300 g/mol.